The predicted octanol–water partition coefficient (Wildman–Crippen LogP) is 2.44. The van der Waals surface area contributed by atoms with Gasteiger partial charge in [0.05, 0.1) is 11.2 Å². The molecule has 88 valence electrons. The van der Waals surface area contributed by atoms with Crippen LogP contribution in [-0.2, 0) is 4.74 Å². The van der Waals surface area contributed by atoms with Gasteiger partial charge in [-0.1, -0.05) is 11.6 Å². The minimum absolute atomic E-state index is 0.547. The van der Waals surface area contributed by atoms with Gasteiger partial charge in [0, 0.05) is 25.5 Å². The molecule has 1 aliphatic rings. The molecule has 1 aromatic rings. The van der Waals surface area contributed by atoms with Gasteiger partial charge in [0.15, 0.2) is 0 Å². The van der Waals surface area contributed by atoms with E-state index >= 15 is 0 Å². The van der Waals surface area contributed by atoms with E-state index in [9.17, 15) is 0 Å². The van der Waals surface area contributed by atoms with Crippen molar-refractivity contribution >= 4 is 29.3 Å². The van der Waals surface area contributed by atoms with E-state index in [-0.39, 0.29) is 0 Å². The molecule has 0 saturated carbocycles. The third-order valence-corrected chi connectivity index (χ3v) is 4.11. The fourth-order valence-electron chi connectivity index (χ4n) is 1.51. The molecule has 0 aliphatic carbocycles. The molecular formula is C10H14ClN3OS. The summed E-state index contributed by atoms with van der Waals surface area (Å²) in [6, 6.07) is 0. The summed E-state index contributed by atoms with van der Waals surface area (Å²) in [4.78, 5) is 8.41. The third-order valence-electron chi connectivity index (χ3n) is 2.38. The van der Waals surface area contributed by atoms with Gasteiger partial charge in [-0.3, -0.25) is 0 Å². The minimum atomic E-state index is 0.547. The first-order valence-corrected chi connectivity index (χ1v) is 6.50. The lowest BCUT2D eigenvalue weighted by molar-refractivity contribution is 0.1000. The maximum Gasteiger partial charge on any atom is 0.223 e. The van der Waals surface area contributed by atoms with Gasteiger partial charge in [0.25, 0.3) is 0 Å². The lowest BCUT2D eigenvalue weighted by Gasteiger charge is -2.21. The van der Waals surface area contributed by atoms with E-state index in [1.807, 2.05) is 0 Å². The van der Waals surface area contributed by atoms with E-state index in [1.54, 1.807) is 25.0 Å². The highest BCUT2D eigenvalue weighted by atomic mass is 35.5. The molecule has 1 aromatic heterocycles. The first kappa shape index (κ1) is 12.0. The van der Waals surface area contributed by atoms with Crippen LogP contribution in [-0.4, -0.2) is 35.5 Å². The zero-order valence-corrected chi connectivity index (χ0v) is 10.6. The van der Waals surface area contributed by atoms with Crippen molar-refractivity contribution in [2.24, 2.45) is 0 Å². The zero-order chi connectivity index (χ0) is 11.4. The van der Waals surface area contributed by atoms with Gasteiger partial charge in [-0.25, -0.2) is 9.97 Å². The van der Waals surface area contributed by atoms with Crippen LogP contribution in [0.3, 0.4) is 0 Å². The van der Waals surface area contributed by atoms with E-state index in [4.69, 9.17) is 16.3 Å². The van der Waals surface area contributed by atoms with Crippen LogP contribution in [0.15, 0.2) is 11.2 Å². The normalized spacial score (nSPS) is 17.4. The molecule has 0 aromatic carbocycles. The minimum Gasteiger partial charge on any atom is -0.381 e. The Bertz CT molecular complexity index is 358. The number of halogens is 1. The molecule has 0 amide bonds. The summed E-state index contributed by atoms with van der Waals surface area (Å²) in [6.45, 7) is 1.67. The summed E-state index contributed by atoms with van der Waals surface area (Å²) in [5.41, 5.74) is 0. The average molecular weight is 260 g/mol. The van der Waals surface area contributed by atoms with Crippen LogP contribution in [0, 0.1) is 0 Å². The van der Waals surface area contributed by atoms with E-state index in [0.717, 1.165) is 31.1 Å². The molecule has 0 radical (unpaired) electrons. The zero-order valence-electron chi connectivity index (χ0n) is 9.07. The quantitative estimate of drug-likeness (QED) is 0.845. The summed E-state index contributed by atoms with van der Waals surface area (Å²) in [6.07, 6.45) is 3.75. The summed E-state index contributed by atoms with van der Waals surface area (Å²) in [7, 11) is 1.80. The molecule has 2 rings (SSSR count). The predicted molar refractivity (Wildman–Crippen MR) is 66.3 cm³/mol. The van der Waals surface area contributed by atoms with Crippen molar-refractivity contribution in [3.05, 3.63) is 11.2 Å². The molecule has 16 heavy (non-hydrogen) atoms. The smallest absolute Gasteiger partial charge is 0.223 e. The molecule has 1 aliphatic heterocycles. The number of ether oxygens (including phenoxy) is 1. The lowest BCUT2D eigenvalue weighted by Crippen LogP contribution is -2.17. The summed E-state index contributed by atoms with van der Waals surface area (Å²) in [5.74, 6) is 0.610. The standard InChI is InChI=1S/C10H14ClN3OS/c1-12-10-13-6-8(11)9(14-10)16-7-2-4-15-5-3-7/h6-7H,2-5H2,1H3,(H,12,13,14). The molecular weight excluding hydrogens is 246 g/mol. The number of nitrogens with zero attached hydrogens (tertiary/aromatic N) is 2. The van der Waals surface area contributed by atoms with E-state index in [1.165, 1.54) is 0 Å². The van der Waals surface area contributed by atoms with E-state index < -0.39 is 0 Å². The van der Waals surface area contributed by atoms with Gasteiger partial charge in [0.1, 0.15) is 5.03 Å². The largest absolute Gasteiger partial charge is 0.381 e. The molecule has 6 heteroatoms. The number of hydrogen-bond acceptors (Lipinski definition) is 5. The number of anilines is 1. The molecule has 1 saturated heterocycles. The number of hydrogen-bond donors (Lipinski definition) is 1. The van der Waals surface area contributed by atoms with Crippen LogP contribution in [0.5, 0.6) is 0 Å². The Morgan fingerprint density at radius 3 is 2.94 bits per heavy atom. The van der Waals surface area contributed by atoms with Gasteiger partial charge < -0.3 is 10.1 Å². The van der Waals surface area contributed by atoms with E-state index in [2.05, 4.69) is 15.3 Å². The van der Waals surface area contributed by atoms with Crippen molar-refractivity contribution in [3.8, 4) is 0 Å². The third kappa shape index (κ3) is 2.99. The summed E-state index contributed by atoms with van der Waals surface area (Å²) >= 11 is 7.79. The van der Waals surface area contributed by atoms with Gasteiger partial charge >= 0.3 is 0 Å². The van der Waals surface area contributed by atoms with Crippen LogP contribution in [0.25, 0.3) is 0 Å². The van der Waals surface area contributed by atoms with Gasteiger partial charge in [-0.05, 0) is 12.8 Å². The Kier molecular flexibility index (Phi) is 4.26. The Morgan fingerprint density at radius 2 is 2.25 bits per heavy atom. The molecule has 0 bridgehead atoms. The van der Waals surface area contributed by atoms with E-state index in [0.29, 0.717) is 16.2 Å². The average Bonchev–Trinajstić information content (AvgIpc) is 2.33. The fourth-order valence-corrected chi connectivity index (χ4v) is 2.78. The van der Waals surface area contributed by atoms with Crippen LogP contribution in [0.4, 0.5) is 5.95 Å². The summed E-state index contributed by atoms with van der Waals surface area (Å²) in [5, 5.41) is 4.94. The van der Waals surface area contributed by atoms with Crippen molar-refractivity contribution < 1.29 is 4.74 Å². The Labute approximate surface area is 104 Å². The molecule has 1 fully saturated rings. The monoisotopic (exact) mass is 259 g/mol. The number of thioether (sulfide) groups is 1. The summed E-state index contributed by atoms with van der Waals surface area (Å²) < 4.78 is 5.32. The molecule has 0 unspecified atom stereocenters. The highest BCUT2D eigenvalue weighted by Gasteiger charge is 2.17. The lowest BCUT2D eigenvalue weighted by atomic mass is 10.2. The molecule has 0 atom stereocenters. The Hall–Kier alpha value is -0.520. The molecule has 0 spiro atoms. The van der Waals surface area contributed by atoms with Gasteiger partial charge in [-0.15, -0.1) is 11.8 Å². The fraction of sp³-hybridized carbons (Fsp3) is 0.600. The second-order valence-corrected chi connectivity index (χ2v) is 5.22. The molecule has 2 heterocycles. The number of aromatic nitrogens is 2. The van der Waals surface area contributed by atoms with Crippen LogP contribution in [0.1, 0.15) is 12.8 Å². The topological polar surface area (TPSA) is 47.0 Å². The highest BCUT2D eigenvalue weighted by molar-refractivity contribution is 8.00. The maximum atomic E-state index is 6.07. The number of nitrogens with one attached hydrogen (secondary N) is 1. The molecule has 4 nitrogen and oxygen atoms in total. The van der Waals surface area contributed by atoms with Crippen molar-refractivity contribution in [2.75, 3.05) is 25.6 Å². The van der Waals surface area contributed by atoms with Crippen LogP contribution < -0.4 is 5.32 Å². The highest BCUT2D eigenvalue weighted by Crippen LogP contribution is 2.32. The second-order valence-electron chi connectivity index (χ2n) is 3.53. The first-order chi connectivity index (χ1) is 7.79. The van der Waals surface area contributed by atoms with Crippen molar-refractivity contribution in [1.82, 2.24) is 9.97 Å². The second kappa shape index (κ2) is 5.70. The van der Waals surface area contributed by atoms with Crippen LogP contribution >= 0.6 is 23.4 Å². The van der Waals surface area contributed by atoms with Gasteiger partial charge in [0.2, 0.25) is 5.95 Å². The Balaban J connectivity index is 2.06. The van der Waals surface area contributed by atoms with Crippen molar-refractivity contribution in [2.45, 2.75) is 23.1 Å². The van der Waals surface area contributed by atoms with Gasteiger partial charge in [-0.2, -0.15) is 0 Å². The van der Waals surface area contributed by atoms with Crippen molar-refractivity contribution in [1.29, 1.82) is 0 Å². The number of rotatable bonds is 3. The van der Waals surface area contributed by atoms with Crippen molar-refractivity contribution in [3.63, 3.8) is 0 Å². The first-order valence-electron chi connectivity index (χ1n) is 5.24. The maximum absolute atomic E-state index is 6.07. The van der Waals surface area contributed by atoms with Crippen LogP contribution in [0.2, 0.25) is 5.02 Å². The molecule has 1 N–H and O–H groups in total. The Morgan fingerprint density at radius 1 is 1.50 bits per heavy atom. The SMILES string of the molecule is CNc1ncc(Cl)c(SC2CCOCC2)n1.